The SMILES string of the molecule is CO[C@@]12CC[C@H](O)C[C@@H]1N(C(=O)CCCn1cccn1)CC2. The first-order valence-electron chi connectivity index (χ1n) is 8.15. The molecule has 1 aromatic rings. The lowest BCUT2D eigenvalue weighted by atomic mass is 9.79. The third-order valence-corrected chi connectivity index (χ3v) is 5.22. The van der Waals surface area contributed by atoms with Crippen molar-refractivity contribution in [2.45, 2.75) is 62.8 Å². The van der Waals surface area contributed by atoms with Crippen LogP contribution in [-0.4, -0.2) is 57.1 Å². The second kappa shape index (κ2) is 6.38. The zero-order valence-corrected chi connectivity index (χ0v) is 13.1. The van der Waals surface area contributed by atoms with Crippen LogP contribution in [0.5, 0.6) is 0 Å². The molecule has 6 nitrogen and oxygen atoms in total. The van der Waals surface area contributed by atoms with Gasteiger partial charge in [-0.3, -0.25) is 9.48 Å². The van der Waals surface area contributed by atoms with Crippen LogP contribution in [0.2, 0.25) is 0 Å². The number of aromatic nitrogens is 2. The average molecular weight is 307 g/mol. The van der Waals surface area contributed by atoms with Crippen molar-refractivity contribution in [3.05, 3.63) is 18.5 Å². The molecule has 122 valence electrons. The number of fused-ring (bicyclic) bond motifs is 1. The van der Waals surface area contributed by atoms with E-state index in [2.05, 4.69) is 5.10 Å². The number of carbonyl (C=O) groups excluding carboxylic acids is 1. The van der Waals surface area contributed by atoms with Crippen molar-refractivity contribution in [3.8, 4) is 0 Å². The van der Waals surface area contributed by atoms with E-state index in [1.807, 2.05) is 21.8 Å². The Morgan fingerprint density at radius 2 is 2.36 bits per heavy atom. The molecule has 0 radical (unpaired) electrons. The monoisotopic (exact) mass is 307 g/mol. The molecular weight excluding hydrogens is 282 g/mol. The van der Waals surface area contributed by atoms with Gasteiger partial charge in [-0.05, 0) is 38.2 Å². The Morgan fingerprint density at radius 3 is 3.09 bits per heavy atom. The van der Waals surface area contributed by atoms with E-state index in [9.17, 15) is 9.90 Å². The van der Waals surface area contributed by atoms with Crippen LogP contribution < -0.4 is 0 Å². The molecule has 0 spiro atoms. The van der Waals surface area contributed by atoms with E-state index >= 15 is 0 Å². The highest BCUT2D eigenvalue weighted by atomic mass is 16.5. The molecule has 2 aliphatic rings. The van der Waals surface area contributed by atoms with Gasteiger partial charge in [0.15, 0.2) is 0 Å². The van der Waals surface area contributed by atoms with E-state index in [1.54, 1.807) is 13.3 Å². The summed E-state index contributed by atoms with van der Waals surface area (Å²) in [5, 5.41) is 14.1. The predicted molar refractivity (Wildman–Crippen MR) is 81.2 cm³/mol. The zero-order chi connectivity index (χ0) is 15.6. The molecule has 1 amide bonds. The lowest BCUT2D eigenvalue weighted by molar-refractivity contribution is -0.140. The molecule has 0 bridgehead atoms. The molecule has 3 rings (SSSR count). The highest BCUT2D eigenvalue weighted by molar-refractivity contribution is 5.77. The van der Waals surface area contributed by atoms with E-state index in [4.69, 9.17) is 4.74 Å². The number of aliphatic hydroxyl groups is 1. The van der Waals surface area contributed by atoms with Gasteiger partial charge >= 0.3 is 0 Å². The van der Waals surface area contributed by atoms with Crippen molar-refractivity contribution >= 4 is 5.91 Å². The summed E-state index contributed by atoms with van der Waals surface area (Å²) in [4.78, 5) is 14.5. The molecule has 0 unspecified atom stereocenters. The van der Waals surface area contributed by atoms with E-state index in [1.165, 1.54) is 0 Å². The van der Waals surface area contributed by atoms with Crippen molar-refractivity contribution in [3.63, 3.8) is 0 Å². The molecule has 1 saturated carbocycles. The van der Waals surface area contributed by atoms with Crippen molar-refractivity contribution in [2.24, 2.45) is 0 Å². The minimum Gasteiger partial charge on any atom is -0.393 e. The summed E-state index contributed by atoms with van der Waals surface area (Å²) in [5.74, 6) is 0.171. The topological polar surface area (TPSA) is 67.6 Å². The fourth-order valence-corrected chi connectivity index (χ4v) is 3.94. The van der Waals surface area contributed by atoms with Crippen molar-refractivity contribution in [1.29, 1.82) is 0 Å². The number of methoxy groups -OCH3 is 1. The van der Waals surface area contributed by atoms with Crippen LogP contribution in [-0.2, 0) is 16.1 Å². The third kappa shape index (κ3) is 2.90. The van der Waals surface area contributed by atoms with Gasteiger partial charge in [-0.2, -0.15) is 5.10 Å². The van der Waals surface area contributed by atoms with E-state index in [-0.39, 0.29) is 23.7 Å². The average Bonchev–Trinajstić information content (AvgIpc) is 3.15. The molecule has 1 aromatic heterocycles. The summed E-state index contributed by atoms with van der Waals surface area (Å²) in [6.07, 6.45) is 7.78. The molecule has 1 aliphatic heterocycles. The lowest BCUT2D eigenvalue weighted by Crippen LogP contribution is -2.52. The molecule has 2 fully saturated rings. The number of ether oxygens (including phenoxy) is 1. The van der Waals surface area contributed by atoms with Gasteiger partial charge in [0.05, 0.1) is 17.7 Å². The van der Waals surface area contributed by atoms with Gasteiger partial charge in [-0.1, -0.05) is 0 Å². The second-order valence-corrected chi connectivity index (χ2v) is 6.42. The summed E-state index contributed by atoms with van der Waals surface area (Å²) < 4.78 is 7.62. The van der Waals surface area contributed by atoms with Gasteiger partial charge in [-0.15, -0.1) is 0 Å². The molecular formula is C16H25N3O3. The van der Waals surface area contributed by atoms with Crippen LogP contribution >= 0.6 is 0 Å². The number of hydrogen-bond acceptors (Lipinski definition) is 4. The van der Waals surface area contributed by atoms with E-state index in [0.717, 1.165) is 38.8 Å². The maximum atomic E-state index is 12.6. The lowest BCUT2D eigenvalue weighted by Gasteiger charge is -2.42. The van der Waals surface area contributed by atoms with E-state index in [0.29, 0.717) is 12.8 Å². The largest absolute Gasteiger partial charge is 0.393 e. The highest BCUT2D eigenvalue weighted by Crippen LogP contribution is 2.42. The quantitative estimate of drug-likeness (QED) is 0.887. The number of nitrogens with zero attached hydrogens (tertiary/aromatic N) is 3. The van der Waals surface area contributed by atoms with Crippen LogP contribution in [0.1, 0.15) is 38.5 Å². The minimum atomic E-state index is -0.314. The molecule has 0 aromatic carbocycles. The van der Waals surface area contributed by atoms with Gasteiger partial charge in [0.25, 0.3) is 0 Å². The molecule has 2 heterocycles. The van der Waals surface area contributed by atoms with Crippen molar-refractivity contribution < 1.29 is 14.6 Å². The Kier molecular flexibility index (Phi) is 4.49. The van der Waals surface area contributed by atoms with Crippen molar-refractivity contribution in [2.75, 3.05) is 13.7 Å². The minimum absolute atomic E-state index is 0.0263. The summed E-state index contributed by atoms with van der Waals surface area (Å²) >= 11 is 0. The Balaban J connectivity index is 1.58. The smallest absolute Gasteiger partial charge is 0.222 e. The van der Waals surface area contributed by atoms with E-state index < -0.39 is 0 Å². The molecule has 6 heteroatoms. The molecule has 1 saturated heterocycles. The molecule has 3 atom stereocenters. The summed E-state index contributed by atoms with van der Waals surface area (Å²) in [6.45, 7) is 1.50. The predicted octanol–water partition coefficient (Wildman–Crippen LogP) is 1.19. The van der Waals surface area contributed by atoms with Crippen LogP contribution in [0.25, 0.3) is 0 Å². The van der Waals surface area contributed by atoms with Gasteiger partial charge < -0.3 is 14.7 Å². The number of likely N-dealkylation sites (tertiary alicyclic amines) is 1. The Bertz CT molecular complexity index is 505. The number of carbonyl (C=O) groups is 1. The third-order valence-electron chi connectivity index (χ3n) is 5.22. The zero-order valence-electron chi connectivity index (χ0n) is 13.1. The Labute approximate surface area is 131 Å². The number of aryl methyl sites for hydroxylation is 1. The van der Waals surface area contributed by atoms with Gasteiger partial charge in [0.2, 0.25) is 5.91 Å². The van der Waals surface area contributed by atoms with Crippen LogP contribution in [0.15, 0.2) is 18.5 Å². The standard InChI is InChI=1S/C16H25N3O3/c1-22-16-6-5-13(20)12-14(16)19(11-7-16)15(21)4-2-9-18-10-3-8-17-18/h3,8,10,13-14,20H,2,4-7,9,11-12H2,1H3/t13-,14-,16+/m0/s1. The van der Waals surface area contributed by atoms with Gasteiger partial charge in [0, 0.05) is 39.0 Å². The first kappa shape index (κ1) is 15.5. The van der Waals surface area contributed by atoms with Crippen molar-refractivity contribution in [1.82, 2.24) is 14.7 Å². The molecule has 22 heavy (non-hydrogen) atoms. The van der Waals surface area contributed by atoms with Gasteiger partial charge in [-0.25, -0.2) is 0 Å². The van der Waals surface area contributed by atoms with Crippen LogP contribution in [0.3, 0.4) is 0 Å². The molecule has 1 N–H and O–H groups in total. The second-order valence-electron chi connectivity index (χ2n) is 6.42. The maximum absolute atomic E-state index is 12.6. The van der Waals surface area contributed by atoms with Crippen LogP contribution in [0.4, 0.5) is 0 Å². The summed E-state index contributed by atoms with van der Waals surface area (Å²) in [7, 11) is 1.73. The van der Waals surface area contributed by atoms with Crippen LogP contribution in [0, 0.1) is 0 Å². The first-order valence-corrected chi connectivity index (χ1v) is 8.15. The summed E-state index contributed by atoms with van der Waals surface area (Å²) in [5.41, 5.74) is -0.239. The highest BCUT2D eigenvalue weighted by Gasteiger charge is 2.52. The normalized spacial score (nSPS) is 31.3. The Hall–Kier alpha value is -1.40. The Morgan fingerprint density at radius 1 is 1.50 bits per heavy atom. The summed E-state index contributed by atoms with van der Waals surface area (Å²) in [6, 6.07) is 1.91. The van der Waals surface area contributed by atoms with Gasteiger partial charge in [0.1, 0.15) is 0 Å². The number of amides is 1. The first-order chi connectivity index (χ1) is 10.6. The fourth-order valence-electron chi connectivity index (χ4n) is 3.94. The fraction of sp³-hybridized carbons (Fsp3) is 0.750. The molecule has 1 aliphatic carbocycles. The number of rotatable bonds is 5. The number of hydrogen-bond donors (Lipinski definition) is 1. The maximum Gasteiger partial charge on any atom is 0.222 e. The number of aliphatic hydroxyl groups excluding tert-OH is 1.